The van der Waals surface area contributed by atoms with Gasteiger partial charge >= 0.3 is 5.97 Å². The number of aromatic nitrogens is 1. The standard InChI is InChI=1S/C14H17N3O2S/c1-3-19-14(18)10-5-4-6-11(15)13(10)17-8-12-16-7-9(2)20-12/h4-7,17H,3,8,15H2,1-2H3. The van der Waals surface area contributed by atoms with Crippen LogP contribution in [-0.4, -0.2) is 17.6 Å². The Morgan fingerprint density at radius 3 is 2.95 bits per heavy atom. The summed E-state index contributed by atoms with van der Waals surface area (Å²) in [6, 6.07) is 5.18. The minimum Gasteiger partial charge on any atom is -0.462 e. The summed E-state index contributed by atoms with van der Waals surface area (Å²) < 4.78 is 5.03. The van der Waals surface area contributed by atoms with Crippen LogP contribution in [0.4, 0.5) is 11.4 Å². The van der Waals surface area contributed by atoms with Gasteiger partial charge in [0.15, 0.2) is 0 Å². The van der Waals surface area contributed by atoms with E-state index in [-0.39, 0.29) is 5.97 Å². The van der Waals surface area contributed by atoms with E-state index in [0.717, 1.165) is 9.88 Å². The monoisotopic (exact) mass is 291 g/mol. The Morgan fingerprint density at radius 2 is 2.30 bits per heavy atom. The number of hydrogen-bond acceptors (Lipinski definition) is 6. The molecule has 0 saturated heterocycles. The van der Waals surface area contributed by atoms with Crippen molar-refractivity contribution in [2.24, 2.45) is 0 Å². The predicted octanol–water partition coefficient (Wildman–Crippen LogP) is 2.82. The van der Waals surface area contributed by atoms with Crippen LogP contribution in [0.15, 0.2) is 24.4 Å². The second-order valence-electron chi connectivity index (χ2n) is 4.21. The third-order valence-corrected chi connectivity index (χ3v) is 3.59. The quantitative estimate of drug-likeness (QED) is 0.654. The van der Waals surface area contributed by atoms with Crippen molar-refractivity contribution in [3.05, 3.63) is 39.8 Å². The molecule has 0 fully saturated rings. The number of rotatable bonds is 5. The van der Waals surface area contributed by atoms with Gasteiger partial charge in [-0.3, -0.25) is 0 Å². The minimum absolute atomic E-state index is 0.332. The number of nitrogens with one attached hydrogen (secondary N) is 1. The number of carbonyl (C=O) groups excluding carboxylic acids is 1. The molecular weight excluding hydrogens is 274 g/mol. The summed E-state index contributed by atoms with van der Waals surface area (Å²) in [5.74, 6) is -0.377. The molecule has 0 aliphatic rings. The van der Waals surface area contributed by atoms with Crippen molar-refractivity contribution in [2.75, 3.05) is 17.7 Å². The molecule has 6 heteroatoms. The first kappa shape index (κ1) is 14.3. The zero-order valence-electron chi connectivity index (χ0n) is 11.5. The Balaban J connectivity index is 2.19. The van der Waals surface area contributed by atoms with Crippen LogP contribution in [0, 0.1) is 6.92 Å². The SMILES string of the molecule is CCOC(=O)c1cccc(N)c1NCc1ncc(C)s1. The van der Waals surface area contributed by atoms with Crippen molar-refractivity contribution in [3.63, 3.8) is 0 Å². The van der Waals surface area contributed by atoms with Gasteiger partial charge in [-0.25, -0.2) is 9.78 Å². The zero-order chi connectivity index (χ0) is 14.5. The van der Waals surface area contributed by atoms with E-state index in [1.807, 2.05) is 13.1 Å². The number of benzene rings is 1. The number of esters is 1. The van der Waals surface area contributed by atoms with E-state index in [1.54, 1.807) is 36.5 Å². The molecule has 0 amide bonds. The lowest BCUT2D eigenvalue weighted by Crippen LogP contribution is -2.11. The van der Waals surface area contributed by atoms with Gasteiger partial charge in [-0.15, -0.1) is 11.3 Å². The Bertz CT molecular complexity index is 610. The first-order valence-corrected chi connectivity index (χ1v) is 7.14. The molecule has 2 rings (SSSR count). The van der Waals surface area contributed by atoms with Gasteiger partial charge in [-0.2, -0.15) is 0 Å². The molecule has 0 spiro atoms. The minimum atomic E-state index is -0.377. The second kappa shape index (κ2) is 6.38. The highest BCUT2D eigenvalue weighted by Gasteiger charge is 2.14. The Hall–Kier alpha value is -2.08. The van der Waals surface area contributed by atoms with Gasteiger partial charge in [0.2, 0.25) is 0 Å². The number of aryl methyl sites for hydroxylation is 1. The largest absolute Gasteiger partial charge is 0.462 e. The van der Waals surface area contributed by atoms with Crippen LogP contribution in [-0.2, 0) is 11.3 Å². The summed E-state index contributed by atoms with van der Waals surface area (Å²) in [5.41, 5.74) is 7.50. The van der Waals surface area contributed by atoms with Crippen LogP contribution in [0.3, 0.4) is 0 Å². The summed E-state index contributed by atoms with van der Waals surface area (Å²) in [6.07, 6.45) is 1.82. The van der Waals surface area contributed by atoms with E-state index >= 15 is 0 Å². The van der Waals surface area contributed by atoms with Gasteiger partial charge in [0, 0.05) is 11.1 Å². The van der Waals surface area contributed by atoms with Crippen molar-refractivity contribution < 1.29 is 9.53 Å². The van der Waals surface area contributed by atoms with Crippen molar-refractivity contribution in [1.82, 2.24) is 4.98 Å². The normalized spacial score (nSPS) is 10.3. The highest BCUT2D eigenvalue weighted by Crippen LogP contribution is 2.25. The maximum absolute atomic E-state index is 11.9. The third kappa shape index (κ3) is 3.27. The van der Waals surface area contributed by atoms with E-state index in [0.29, 0.717) is 30.1 Å². The molecule has 0 saturated carbocycles. The fraction of sp³-hybridized carbons (Fsp3) is 0.286. The Morgan fingerprint density at radius 1 is 1.50 bits per heavy atom. The van der Waals surface area contributed by atoms with Gasteiger partial charge in [0.05, 0.1) is 30.1 Å². The lowest BCUT2D eigenvalue weighted by Gasteiger charge is -2.12. The molecule has 1 aromatic carbocycles. The predicted molar refractivity (Wildman–Crippen MR) is 81.0 cm³/mol. The van der Waals surface area contributed by atoms with Crippen LogP contribution < -0.4 is 11.1 Å². The van der Waals surface area contributed by atoms with Crippen molar-refractivity contribution in [3.8, 4) is 0 Å². The number of para-hydroxylation sites is 1. The lowest BCUT2D eigenvalue weighted by atomic mass is 10.1. The average molecular weight is 291 g/mol. The summed E-state index contributed by atoms with van der Waals surface area (Å²) in [7, 11) is 0. The summed E-state index contributed by atoms with van der Waals surface area (Å²) in [4.78, 5) is 17.3. The maximum Gasteiger partial charge on any atom is 0.340 e. The lowest BCUT2D eigenvalue weighted by molar-refractivity contribution is 0.0527. The molecule has 0 atom stereocenters. The van der Waals surface area contributed by atoms with E-state index < -0.39 is 0 Å². The number of nitrogen functional groups attached to an aromatic ring is 1. The Kier molecular flexibility index (Phi) is 4.57. The molecule has 0 radical (unpaired) electrons. The number of anilines is 2. The van der Waals surface area contributed by atoms with Crippen molar-refractivity contribution in [2.45, 2.75) is 20.4 Å². The molecular formula is C14H17N3O2S. The van der Waals surface area contributed by atoms with Gasteiger partial charge < -0.3 is 15.8 Å². The molecule has 1 aromatic heterocycles. The van der Waals surface area contributed by atoms with E-state index in [4.69, 9.17) is 10.5 Å². The fourth-order valence-electron chi connectivity index (χ4n) is 1.79. The molecule has 3 N–H and O–H groups in total. The molecule has 20 heavy (non-hydrogen) atoms. The van der Waals surface area contributed by atoms with E-state index in [9.17, 15) is 4.79 Å². The molecule has 1 heterocycles. The number of thiazole rings is 1. The first-order chi connectivity index (χ1) is 9.61. The molecule has 0 bridgehead atoms. The highest BCUT2D eigenvalue weighted by molar-refractivity contribution is 7.11. The van der Waals surface area contributed by atoms with Crippen LogP contribution in [0.5, 0.6) is 0 Å². The van der Waals surface area contributed by atoms with Crippen molar-refractivity contribution >= 4 is 28.7 Å². The summed E-state index contributed by atoms with van der Waals surface area (Å²) in [5, 5.41) is 4.12. The molecule has 2 aromatic rings. The number of hydrogen-bond donors (Lipinski definition) is 2. The molecule has 5 nitrogen and oxygen atoms in total. The highest BCUT2D eigenvalue weighted by atomic mass is 32.1. The van der Waals surface area contributed by atoms with Crippen LogP contribution in [0.1, 0.15) is 27.2 Å². The number of carbonyl (C=O) groups is 1. The zero-order valence-corrected chi connectivity index (χ0v) is 12.3. The van der Waals surface area contributed by atoms with Gasteiger partial charge in [-0.1, -0.05) is 6.07 Å². The van der Waals surface area contributed by atoms with Gasteiger partial charge in [-0.05, 0) is 26.0 Å². The van der Waals surface area contributed by atoms with Gasteiger partial charge in [0.25, 0.3) is 0 Å². The van der Waals surface area contributed by atoms with Crippen LogP contribution >= 0.6 is 11.3 Å². The molecule has 0 aliphatic carbocycles. The Labute approximate surface area is 121 Å². The molecule has 0 unspecified atom stereocenters. The van der Waals surface area contributed by atoms with Crippen LogP contribution in [0.2, 0.25) is 0 Å². The van der Waals surface area contributed by atoms with Crippen LogP contribution in [0.25, 0.3) is 0 Å². The molecule has 106 valence electrons. The van der Waals surface area contributed by atoms with Crippen molar-refractivity contribution in [1.29, 1.82) is 0 Å². The number of ether oxygens (including phenoxy) is 1. The fourth-order valence-corrected chi connectivity index (χ4v) is 2.52. The third-order valence-electron chi connectivity index (χ3n) is 2.68. The number of nitrogens with zero attached hydrogens (tertiary/aromatic N) is 1. The molecule has 0 aliphatic heterocycles. The smallest absolute Gasteiger partial charge is 0.340 e. The van der Waals surface area contributed by atoms with E-state index in [1.165, 1.54) is 0 Å². The maximum atomic E-state index is 11.9. The topological polar surface area (TPSA) is 77.2 Å². The summed E-state index contributed by atoms with van der Waals surface area (Å²) in [6.45, 7) is 4.63. The summed E-state index contributed by atoms with van der Waals surface area (Å²) >= 11 is 1.61. The average Bonchev–Trinajstić information content (AvgIpc) is 2.83. The van der Waals surface area contributed by atoms with Gasteiger partial charge in [0.1, 0.15) is 5.01 Å². The number of nitrogens with two attached hydrogens (primary N) is 1. The van der Waals surface area contributed by atoms with E-state index in [2.05, 4.69) is 10.3 Å². The first-order valence-electron chi connectivity index (χ1n) is 6.32. The second-order valence-corrected chi connectivity index (χ2v) is 5.53.